The molecule has 3 saturated carbocycles. The van der Waals surface area contributed by atoms with Gasteiger partial charge in [0, 0.05) is 12.5 Å². The van der Waals surface area contributed by atoms with Gasteiger partial charge in [-0.1, -0.05) is 6.92 Å². The van der Waals surface area contributed by atoms with Crippen LogP contribution in [0.1, 0.15) is 39.0 Å². The average Bonchev–Trinajstić information content (AvgIpc) is 2.91. The van der Waals surface area contributed by atoms with E-state index in [1.165, 1.54) is 13.2 Å². The zero-order valence-corrected chi connectivity index (χ0v) is 16.9. The van der Waals surface area contributed by atoms with Crippen LogP contribution in [0.15, 0.2) is 23.3 Å². The van der Waals surface area contributed by atoms with E-state index in [0.29, 0.717) is 12.8 Å². The summed E-state index contributed by atoms with van der Waals surface area (Å²) in [5, 5.41) is 25.4. The zero-order chi connectivity index (χ0) is 20.5. The second kappa shape index (κ2) is 6.23. The highest BCUT2D eigenvalue weighted by Gasteiger charge is 2.59. The molecule has 0 saturated heterocycles. The van der Waals surface area contributed by atoms with E-state index in [0.717, 1.165) is 30.4 Å². The second-order valence-corrected chi connectivity index (χ2v) is 10.6. The number of Topliss-reactive ketones (excluding diaryl/α,β-unsaturated/α-hetero) is 1. The first-order chi connectivity index (χ1) is 13.1. The van der Waals surface area contributed by atoms with Crippen molar-refractivity contribution in [1.82, 2.24) is 0 Å². The molecule has 4 rings (SSSR count). The number of hydrogen-bond acceptors (Lipinski definition) is 6. The summed E-state index contributed by atoms with van der Waals surface area (Å²) in [6.07, 6.45) is 5.52. The third-order valence-corrected chi connectivity index (χ3v) is 8.96. The number of methoxy groups -OCH3 is 1. The molecular formula is C20H26N2O5S. The van der Waals surface area contributed by atoms with Gasteiger partial charge in [-0.3, -0.25) is 4.79 Å². The first-order valence-corrected chi connectivity index (χ1v) is 11.3. The van der Waals surface area contributed by atoms with Crippen molar-refractivity contribution in [3.8, 4) is 6.07 Å². The van der Waals surface area contributed by atoms with Crippen LogP contribution >= 0.6 is 0 Å². The predicted molar refractivity (Wildman–Crippen MR) is 101 cm³/mol. The lowest BCUT2D eigenvalue weighted by molar-refractivity contribution is -0.131. The maximum absolute atomic E-state index is 12.8. The summed E-state index contributed by atoms with van der Waals surface area (Å²) in [4.78, 5) is 10.5. The van der Waals surface area contributed by atoms with Crippen LogP contribution in [0.4, 0.5) is 0 Å². The largest absolute Gasteiger partial charge is 0.373 e. The topological polar surface area (TPSA) is 130 Å². The average molecular weight is 407 g/mol. The first kappa shape index (κ1) is 19.8. The molecule has 0 radical (unpaired) electrons. The first-order valence-electron chi connectivity index (χ1n) is 9.72. The van der Waals surface area contributed by atoms with Crippen LogP contribution in [-0.4, -0.2) is 37.5 Å². The fourth-order valence-electron chi connectivity index (χ4n) is 6.19. The van der Waals surface area contributed by atoms with Crippen molar-refractivity contribution in [1.29, 1.82) is 5.26 Å². The highest BCUT2D eigenvalue weighted by Crippen LogP contribution is 2.61. The van der Waals surface area contributed by atoms with Crippen LogP contribution < -0.4 is 5.14 Å². The van der Waals surface area contributed by atoms with Crippen LogP contribution in [0, 0.1) is 40.4 Å². The van der Waals surface area contributed by atoms with E-state index in [1.54, 1.807) is 6.08 Å². The molecule has 0 bridgehead atoms. The molecule has 7 atom stereocenters. The molecule has 4 aliphatic rings. The molecule has 0 aliphatic heterocycles. The van der Waals surface area contributed by atoms with E-state index in [4.69, 9.17) is 9.88 Å². The Morgan fingerprint density at radius 3 is 2.71 bits per heavy atom. The Labute approximate surface area is 165 Å². The van der Waals surface area contributed by atoms with Gasteiger partial charge in [0.2, 0.25) is 15.0 Å². The van der Waals surface area contributed by atoms with Crippen molar-refractivity contribution >= 4 is 15.8 Å². The van der Waals surface area contributed by atoms with E-state index in [1.807, 2.05) is 6.92 Å². The van der Waals surface area contributed by atoms with Gasteiger partial charge in [0.15, 0.2) is 5.78 Å². The van der Waals surface area contributed by atoms with Crippen molar-refractivity contribution in [3.63, 3.8) is 0 Å². The molecule has 28 heavy (non-hydrogen) atoms. The minimum atomic E-state index is -4.28. The van der Waals surface area contributed by atoms with Crippen LogP contribution in [-0.2, 0) is 19.6 Å². The number of carbonyl (C=O) groups excluding carboxylic acids is 1. The van der Waals surface area contributed by atoms with Gasteiger partial charge >= 0.3 is 0 Å². The molecule has 0 heterocycles. The van der Waals surface area contributed by atoms with E-state index < -0.39 is 32.4 Å². The molecule has 152 valence electrons. The van der Waals surface area contributed by atoms with Gasteiger partial charge in [-0.2, -0.15) is 5.26 Å². The Kier molecular flexibility index (Phi) is 4.40. The number of hydrogen-bond donors (Lipinski definition) is 2. The molecule has 3 unspecified atom stereocenters. The molecule has 8 heteroatoms. The number of fused-ring (bicyclic) bond motifs is 5. The van der Waals surface area contributed by atoms with Crippen LogP contribution in [0.2, 0.25) is 0 Å². The third-order valence-electron chi connectivity index (χ3n) is 7.70. The molecule has 3 N–H and O–H groups in total. The molecule has 0 amide bonds. The number of rotatable bonds is 2. The van der Waals surface area contributed by atoms with Crippen molar-refractivity contribution < 1.29 is 23.1 Å². The number of ether oxygens (including phenoxy) is 1. The zero-order valence-electron chi connectivity index (χ0n) is 16.1. The van der Waals surface area contributed by atoms with Crippen LogP contribution in [0.3, 0.4) is 0 Å². The maximum atomic E-state index is 12.8. The standard InChI is InChI=1S/C20H26N2O5S/c1-19-6-5-13-14(16(19)7-12(10-21)18(19)23)4-3-11-9-20(24,28(22,25)26)17(27-2)8-15(11)13/h8-9,12-14,16-17,24H,3-7H2,1-2H3,(H2,22,25,26)/t12?,13-,14+,16-,17?,19-,20?/m0/s1. The summed E-state index contributed by atoms with van der Waals surface area (Å²) in [5.74, 6) is 0.153. The maximum Gasteiger partial charge on any atom is 0.245 e. The number of nitrogens with zero attached hydrogens (tertiary/aromatic N) is 1. The fourth-order valence-corrected chi connectivity index (χ4v) is 6.99. The van der Waals surface area contributed by atoms with Crippen molar-refractivity contribution in [2.24, 2.45) is 34.2 Å². The molecule has 4 aliphatic carbocycles. The fraction of sp³-hybridized carbons (Fsp3) is 0.700. The number of nitrogens with two attached hydrogens (primary N) is 1. The van der Waals surface area contributed by atoms with E-state index in [2.05, 4.69) is 6.07 Å². The minimum Gasteiger partial charge on any atom is -0.373 e. The van der Waals surface area contributed by atoms with Gasteiger partial charge in [-0.15, -0.1) is 0 Å². The SMILES string of the molecule is COC1C=C2C(=CC1(O)S(N)(=O)=O)CC[C@@H]1[C@@H]2CC[C@]2(C)C(=O)C(C#N)C[C@@H]12. The van der Waals surface area contributed by atoms with Crippen LogP contribution in [0.5, 0.6) is 0 Å². The lowest BCUT2D eigenvalue weighted by Crippen LogP contribution is -2.54. The minimum absolute atomic E-state index is 0.0794. The normalized spacial score (nSPS) is 45.2. The predicted octanol–water partition coefficient (Wildman–Crippen LogP) is 1.40. The number of nitriles is 1. The quantitative estimate of drug-likeness (QED) is 0.713. The summed E-state index contributed by atoms with van der Waals surface area (Å²) < 4.78 is 29.4. The molecule has 0 aromatic rings. The summed E-state index contributed by atoms with van der Waals surface area (Å²) in [6.45, 7) is 2.01. The van der Waals surface area contributed by atoms with Crippen LogP contribution in [0.25, 0.3) is 0 Å². The number of primary sulfonamides is 1. The highest BCUT2D eigenvalue weighted by atomic mass is 32.2. The molecule has 0 aromatic heterocycles. The van der Waals surface area contributed by atoms with Gasteiger partial charge in [-0.05, 0) is 73.2 Å². The lowest BCUT2D eigenvalue weighted by Gasteiger charge is -2.50. The number of allylic oxidation sites excluding steroid dienone is 2. The van der Waals surface area contributed by atoms with Gasteiger partial charge < -0.3 is 9.84 Å². The number of sulfonamides is 1. The smallest absolute Gasteiger partial charge is 0.245 e. The van der Waals surface area contributed by atoms with Crippen molar-refractivity contribution in [2.45, 2.75) is 50.1 Å². The summed E-state index contributed by atoms with van der Waals surface area (Å²) in [6, 6.07) is 2.18. The Bertz CT molecular complexity index is 933. The number of ketones is 1. The monoisotopic (exact) mass is 406 g/mol. The number of aliphatic hydroxyl groups is 1. The summed E-state index contributed by atoms with van der Waals surface area (Å²) >= 11 is 0. The van der Waals surface area contributed by atoms with Gasteiger partial charge in [0.25, 0.3) is 0 Å². The van der Waals surface area contributed by atoms with Crippen molar-refractivity contribution in [3.05, 3.63) is 23.3 Å². The lowest BCUT2D eigenvalue weighted by atomic mass is 9.54. The molecule has 7 nitrogen and oxygen atoms in total. The third kappa shape index (κ3) is 2.50. The number of carbonyl (C=O) groups is 1. The van der Waals surface area contributed by atoms with Gasteiger partial charge in [0.1, 0.15) is 12.0 Å². The van der Waals surface area contributed by atoms with Gasteiger partial charge in [0.05, 0.1) is 6.07 Å². The molecular weight excluding hydrogens is 380 g/mol. The molecule has 3 fully saturated rings. The summed E-state index contributed by atoms with van der Waals surface area (Å²) in [7, 11) is -2.93. The Morgan fingerprint density at radius 2 is 2.11 bits per heavy atom. The van der Waals surface area contributed by atoms with Crippen molar-refractivity contribution in [2.75, 3.05) is 7.11 Å². The molecule has 0 spiro atoms. The van der Waals surface area contributed by atoms with Gasteiger partial charge in [-0.25, -0.2) is 13.6 Å². The Balaban J connectivity index is 1.72. The Hall–Kier alpha value is -1.53. The highest BCUT2D eigenvalue weighted by molar-refractivity contribution is 7.90. The molecule has 0 aromatic carbocycles. The van der Waals surface area contributed by atoms with E-state index in [9.17, 15) is 23.6 Å². The Morgan fingerprint density at radius 1 is 1.39 bits per heavy atom. The van der Waals surface area contributed by atoms with E-state index in [-0.39, 0.29) is 23.5 Å². The summed E-state index contributed by atoms with van der Waals surface area (Å²) in [5.41, 5.74) is 1.36. The second-order valence-electron chi connectivity index (χ2n) is 8.90. The van der Waals surface area contributed by atoms with E-state index >= 15 is 0 Å².